The van der Waals surface area contributed by atoms with Gasteiger partial charge in [0, 0.05) is 0 Å². The maximum atomic E-state index is 15.1. The standard InChI is InChI=1S/C8H24F2N7P3/c1-14(2)18(9)11-19(10,15(3)4)13-20(12-18,16(5)6)17(7)8/h1-8H3. The first-order chi connectivity index (χ1) is 8.89. The molecule has 0 N–H and O–H groups in total. The van der Waals surface area contributed by atoms with Crippen molar-refractivity contribution in [2.45, 2.75) is 0 Å². The highest BCUT2D eigenvalue weighted by molar-refractivity contribution is 7.81. The SMILES string of the molecule is CN(C)P1(F)=NP(F)(N(C)C)=NP(N(C)C)(N(C)C)=N1. The van der Waals surface area contributed by atoms with Crippen molar-refractivity contribution in [3.63, 3.8) is 0 Å². The Labute approximate surface area is 120 Å². The number of hydrogen-bond donors (Lipinski definition) is 0. The van der Waals surface area contributed by atoms with Crippen LogP contribution in [0.25, 0.3) is 0 Å². The monoisotopic (exact) mass is 349 g/mol. The van der Waals surface area contributed by atoms with Crippen molar-refractivity contribution in [3.8, 4) is 0 Å². The maximum absolute atomic E-state index is 15.1. The summed E-state index contributed by atoms with van der Waals surface area (Å²) in [5, 5.41) is 0. The van der Waals surface area contributed by atoms with E-state index in [1.54, 1.807) is 37.5 Å². The van der Waals surface area contributed by atoms with Gasteiger partial charge in [0.25, 0.3) is 0 Å². The van der Waals surface area contributed by atoms with Gasteiger partial charge in [0.15, 0.2) is 0 Å². The lowest BCUT2D eigenvalue weighted by Gasteiger charge is -2.39. The van der Waals surface area contributed by atoms with Gasteiger partial charge in [-0.1, -0.05) is 0 Å². The third-order valence-electron chi connectivity index (χ3n) is 2.79. The van der Waals surface area contributed by atoms with Crippen LogP contribution < -0.4 is 0 Å². The van der Waals surface area contributed by atoms with E-state index in [9.17, 15) is 0 Å². The molecule has 0 fully saturated rings. The molecule has 0 radical (unpaired) electrons. The minimum atomic E-state index is -3.75. The molecule has 1 aliphatic heterocycles. The van der Waals surface area contributed by atoms with E-state index >= 15 is 8.39 Å². The molecule has 1 aliphatic rings. The summed E-state index contributed by atoms with van der Waals surface area (Å²) < 4.78 is 48.6. The van der Waals surface area contributed by atoms with Gasteiger partial charge in [-0.3, -0.25) is 0 Å². The molecular weight excluding hydrogens is 325 g/mol. The number of halogens is 2. The summed E-state index contributed by atoms with van der Waals surface area (Å²) in [6, 6.07) is 0. The summed E-state index contributed by atoms with van der Waals surface area (Å²) in [5.41, 5.74) is 0. The highest BCUT2D eigenvalue weighted by Crippen LogP contribution is 2.81. The third kappa shape index (κ3) is 3.09. The highest BCUT2D eigenvalue weighted by atomic mass is 31.3. The zero-order valence-electron chi connectivity index (χ0n) is 13.2. The first-order valence-corrected chi connectivity index (χ1v) is 10.6. The van der Waals surface area contributed by atoms with Crippen LogP contribution >= 0.6 is 22.8 Å². The van der Waals surface area contributed by atoms with E-state index in [-0.39, 0.29) is 0 Å². The predicted molar refractivity (Wildman–Crippen MR) is 85.0 cm³/mol. The molecule has 0 aromatic rings. The van der Waals surface area contributed by atoms with Gasteiger partial charge in [-0.05, 0) is 56.4 Å². The third-order valence-corrected chi connectivity index (χ3v) is 12.5. The minimum Gasteiger partial charge on any atom is -0.246 e. The van der Waals surface area contributed by atoms with Gasteiger partial charge >= 0.3 is 15.3 Å². The normalized spacial score (nSPS) is 33.3. The molecule has 7 nitrogen and oxygen atoms in total. The van der Waals surface area contributed by atoms with Crippen molar-refractivity contribution in [3.05, 3.63) is 0 Å². The van der Waals surface area contributed by atoms with E-state index in [2.05, 4.69) is 13.5 Å². The van der Waals surface area contributed by atoms with E-state index in [4.69, 9.17) is 0 Å². The fraction of sp³-hybridized carbons (Fsp3) is 1.00. The van der Waals surface area contributed by atoms with Crippen LogP contribution in [0.3, 0.4) is 0 Å². The van der Waals surface area contributed by atoms with Gasteiger partial charge in [-0.2, -0.15) is 21.9 Å². The molecule has 1 rings (SSSR count). The van der Waals surface area contributed by atoms with Crippen LogP contribution in [0.5, 0.6) is 0 Å². The van der Waals surface area contributed by atoms with Gasteiger partial charge in [-0.25, -0.2) is 18.7 Å². The molecule has 120 valence electrons. The van der Waals surface area contributed by atoms with Crippen molar-refractivity contribution in [1.82, 2.24) is 18.7 Å². The summed E-state index contributed by atoms with van der Waals surface area (Å²) in [5.74, 6) is 0. The van der Waals surface area contributed by atoms with Gasteiger partial charge in [-0.15, -0.1) is 0 Å². The van der Waals surface area contributed by atoms with E-state index in [0.717, 1.165) is 0 Å². The minimum absolute atomic E-state index is 1.28. The summed E-state index contributed by atoms with van der Waals surface area (Å²) in [4.78, 5) is 0. The molecule has 0 aromatic heterocycles. The maximum Gasteiger partial charge on any atom is 0.322 e. The van der Waals surface area contributed by atoms with Crippen LogP contribution in [0.4, 0.5) is 8.39 Å². The van der Waals surface area contributed by atoms with Crippen LogP contribution in [0.1, 0.15) is 0 Å². The quantitative estimate of drug-likeness (QED) is 0.719. The zero-order chi connectivity index (χ0) is 15.9. The lowest BCUT2D eigenvalue weighted by atomic mass is 11.3. The fourth-order valence-electron chi connectivity index (χ4n) is 1.50. The molecule has 0 saturated carbocycles. The van der Waals surface area contributed by atoms with E-state index in [1.807, 2.05) is 0 Å². The van der Waals surface area contributed by atoms with Gasteiger partial charge in [0.2, 0.25) is 7.51 Å². The Morgan fingerprint density at radius 3 is 1.20 bits per heavy atom. The van der Waals surface area contributed by atoms with Crippen LogP contribution in [-0.2, 0) is 0 Å². The Bertz CT molecular complexity index is 515. The van der Waals surface area contributed by atoms with Crippen molar-refractivity contribution in [2.75, 3.05) is 56.4 Å². The number of nitrogens with zero attached hydrogens (tertiary/aromatic N) is 7. The van der Waals surface area contributed by atoms with E-state index in [1.165, 1.54) is 37.5 Å². The summed E-state index contributed by atoms with van der Waals surface area (Å²) in [6.45, 7) is 0. The number of rotatable bonds is 4. The van der Waals surface area contributed by atoms with Crippen molar-refractivity contribution in [2.24, 2.45) is 13.5 Å². The molecule has 1 heterocycles. The second-order valence-electron chi connectivity index (χ2n) is 5.18. The zero-order valence-corrected chi connectivity index (χ0v) is 15.9. The molecule has 2 atom stereocenters. The van der Waals surface area contributed by atoms with Gasteiger partial charge < -0.3 is 0 Å². The lowest BCUT2D eigenvalue weighted by Crippen LogP contribution is -2.22. The Morgan fingerprint density at radius 2 is 0.900 bits per heavy atom. The second kappa shape index (κ2) is 5.88. The molecule has 2 unspecified atom stereocenters. The molecule has 0 aromatic carbocycles. The Hall–Kier alpha value is 0.390. The molecule has 0 spiro atoms. The van der Waals surface area contributed by atoms with Crippen molar-refractivity contribution in [1.29, 1.82) is 0 Å². The predicted octanol–water partition coefficient (Wildman–Crippen LogP) is 4.02. The topological polar surface area (TPSA) is 50.0 Å². The van der Waals surface area contributed by atoms with Crippen LogP contribution in [-0.4, -0.2) is 75.1 Å². The van der Waals surface area contributed by atoms with E-state index < -0.39 is 22.8 Å². The smallest absolute Gasteiger partial charge is 0.246 e. The van der Waals surface area contributed by atoms with Crippen LogP contribution in [0.2, 0.25) is 0 Å². The van der Waals surface area contributed by atoms with Crippen LogP contribution in [0, 0.1) is 0 Å². The number of hydrogen-bond acceptors (Lipinski definition) is 7. The first kappa shape index (κ1) is 18.4. The second-order valence-corrected chi connectivity index (χ2v) is 13.6. The van der Waals surface area contributed by atoms with Gasteiger partial charge in [0.05, 0.1) is 0 Å². The summed E-state index contributed by atoms with van der Waals surface area (Å²) in [7, 11) is 2.80. The van der Waals surface area contributed by atoms with E-state index in [0.29, 0.717) is 0 Å². The lowest BCUT2D eigenvalue weighted by molar-refractivity contribution is 0.550. The Morgan fingerprint density at radius 1 is 0.550 bits per heavy atom. The molecule has 0 saturated heterocycles. The molecule has 0 aliphatic carbocycles. The molecule has 0 bridgehead atoms. The summed E-state index contributed by atoms with van der Waals surface area (Å²) >= 11 is 0. The highest BCUT2D eigenvalue weighted by Gasteiger charge is 2.42. The average molecular weight is 349 g/mol. The molecular formula is C8H24F2N7P3. The van der Waals surface area contributed by atoms with Crippen LogP contribution in [0.15, 0.2) is 13.5 Å². The molecule has 12 heteroatoms. The first-order valence-electron chi connectivity index (χ1n) is 5.92. The van der Waals surface area contributed by atoms with Crippen molar-refractivity contribution < 1.29 is 8.39 Å². The Kier molecular flexibility index (Phi) is 5.42. The molecule has 20 heavy (non-hydrogen) atoms. The van der Waals surface area contributed by atoms with Crippen molar-refractivity contribution >= 4 is 22.8 Å². The molecule has 0 amide bonds. The largest absolute Gasteiger partial charge is 0.322 e. The Balaban J connectivity index is 3.83. The van der Waals surface area contributed by atoms with Gasteiger partial charge in [0.1, 0.15) is 0 Å². The summed E-state index contributed by atoms with van der Waals surface area (Å²) in [6.07, 6.45) is 0. The average Bonchev–Trinajstić information content (AvgIpc) is 2.26. The fourth-order valence-corrected chi connectivity index (χ4v) is 12.3.